The molecule has 1 aromatic heterocycles. The fourth-order valence-corrected chi connectivity index (χ4v) is 4.55. The van der Waals surface area contributed by atoms with Gasteiger partial charge in [-0.3, -0.25) is 0 Å². The number of anilines is 2. The van der Waals surface area contributed by atoms with Crippen LogP contribution in [0.25, 0.3) is 0 Å². The van der Waals surface area contributed by atoms with Gasteiger partial charge in [0.25, 0.3) is 10.0 Å². The van der Waals surface area contributed by atoms with Crippen LogP contribution in [0.15, 0.2) is 71.8 Å². The van der Waals surface area contributed by atoms with E-state index in [1.807, 2.05) is 6.07 Å². The van der Waals surface area contributed by atoms with E-state index in [4.69, 9.17) is 5.26 Å². The van der Waals surface area contributed by atoms with E-state index < -0.39 is 21.9 Å². The van der Waals surface area contributed by atoms with Crippen molar-refractivity contribution in [2.75, 3.05) is 4.90 Å². The lowest BCUT2D eigenvalue weighted by Crippen LogP contribution is -2.48. The third-order valence-electron chi connectivity index (χ3n) is 4.38. The number of rotatable bonds is 3. The van der Waals surface area contributed by atoms with Crippen LogP contribution in [0.5, 0.6) is 0 Å². The summed E-state index contributed by atoms with van der Waals surface area (Å²) in [6.45, 7) is -0.281. The van der Waals surface area contributed by atoms with E-state index in [1.165, 1.54) is 42.6 Å². The van der Waals surface area contributed by atoms with Gasteiger partial charge in [-0.15, -0.1) is 0 Å². The number of carbonyl (C=O) groups is 1. The average molecular weight is 408 g/mol. The largest absolute Gasteiger partial charge is 0.344 e. The molecule has 0 atom stereocenters. The maximum Gasteiger partial charge on any atom is 0.344 e. The molecule has 0 fully saturated rings. The number of urea groups is 1. The van der Waals surface area contributed by atoms with Crippen LogP contribution in [0.2, 0.25) is 0 Å². The Morgan fingerprint density at radius 1 is 1.07 bits per heavy atom. The van der Waals surface area contributed by atoms with Gasteiger partial charge in [0.2, 0.25) is 0 Å². The van der Waals surface area contributed by atoms with Crippen molar-refractivity contribution in [3.8, 4) is 6.07 Å². The molecule has 4 rings (SSSR count). The summed E-state index contributed by atoms with van der Waals surface area (Å²) in [5, 5.41) is 9.07. The van der Waals surface area contributed by atoms with Crippen molar-refractivity contribution in [3.63, 3.8) is 0 Å². The molecule has 7 nitrogen and oxygen atoms in total. The SMILES string of the molecule is N#Cc1cccc(CN2C(=O)N(c3cccc(F)c3)c3ncccc3S2(=O)=O)c1. The molecule has 144 valence electrons. The van der Waals surface area contributed by atoms with Gasteiger partial charge in [-0.2, -0.15) is 5.26 Å². The summed E-state index contributed by atoms with van der Waals surface area (Å²) in [5.74, 6) is -0.667. The second-order valence-corrected chi connectivity index (χ2v) is 8.08. The van der Waals surface area contributed by atoms with Crippen molar-refractivity contribution in [1.29, 1.82) is 5.26 Å². The first kappa shape index (κ1) is 18.6. The summed E-state index contributed by atoms with van der Waals surface area (Å²) in [6, 6.07) is 15.5. The fourth-order valence-electron chi connectivity index (χ4n) is 3.08. The van der Waals surface area contributed by atoms with Crippen molar-refractivity contribution in [1.82, 2.24) is 9.29 Å². The van der Waals surface area contributed by atoms with Crippen LogP contribution in [0.1, 0.15) is 11.1 Å². The minimum absolute atomic E-state index is 0.0925. The van der Waals surface area contributed by atoms with Crippen molar-refractivity contribution in [2.45, 2.75) is 11.4 Å². The molecule has 9 heteroatoms. The molecule has 1 aliphatic rings. The monoisotopic (exact) mass is 408 g/mol. The summed E-state index contributed by atoms with van der Waals surface area (Å²) in [7, 11) is -4.20. The van der Waals surface area contributed by atoms with Gasteiger partial charge in [-0.25, -0.2) is 31.8 Å². The Morgan fingerprint density at radius 3 is 2.62 bits per heavy atom. The number of aromatic nitrogens is 1. The molecular weight excluding hydrogens is 395 g/mol. The third kappa shape index (κ3) is 3.19. The standard InChI is InChI=1S/C20H13FN4O3S/c21-16-6-2-7-17(11-16)25-19-18(8-3-9-23-19)29(27,28)24(20(25)26)13-15-5-1-4-14(10-15)12-22/h1-11H,13H2. The highest BCUT2D eigenvalue weighted by molar-refractivity contribution is 7.90. The Bertz CT molecular complexity index is 1270. The zero-order valence-corrected chi connectivity index (χ0v) is 15.7. The van der Waals surface area contributed by atoms with E-state index in [1.54, 1.807) is 18.2 Å². The number of hydrogen-bond donors (Lipinski definition) is 0. The summed E-state index contributed by atoms with van der Waals surface area (Å²) in [6.07, 6.45) is 1.36. The van der Waals surface area contributed by atoms with E-state index >= 15 is 0 Å². The normalized spacial score (nSPS) is 15.0. The highest BCUT2D eigenvalue weighted by Gasteiger charge is 2.43. The van der Waals surface area contributed by atoms with Crippen LogP contribution >= 0.6 is 0 Å². The molecule has 0 bridgehead atoms. The van der Waals surface area contributed by atoms with E-state index in [2.05, 4.69) is 4.98 Å². The van der Waals surface area contributed by atoms with Gasteiger partial charge < -0.3 is 0 Å². The van der Waals surface area contributed by atoms with Gasteiger partial charge in [0.05, 0.1) is 23.9 Å². The van der Waals surface area contributed by atoms with Crippen LogP contribution in [0, 0.1) is 17.1 Å². The molecule has 0 N–H and O–H groups in total. The predicted molar refractivity (Wildman–Crippen MR) is 102 cm³/mol. The summed E-state index contributed by atoms with van der Waals surface area (Å²) >= 11 is 0. The lowest BCUT2D eigenvalue weighted by molar-refractivity contribution is 0.229. The minimum atomic E-state index is -4.20. The first-order chi connectivity index (χ1) is 13.9. The molecule has 2 heterocycles. The Hall–Kier alpha value is -3.77. The molecule has 3 aromatic rings. The molecule has 0 aliphatic carbocycles. The first-order valence-corrected chi connectivity index (χ1v) is 9.92. The zero-order chi connectivity index (χ0) is 20.6. The number of fused-ring (bicyclic) bond motifs is 1. The highest BCUT2D eigenvalue weighted by Crippen LogP contribution is 2.38. The third-order valence-corrected chi connectivity index (χ3v) is 6.12. The number of hydrogen-bond acceptors (Lipinski definition) is 5. The number of nitriles is 1. The van der Waals surface area contributed by atoms with Crippen LogP contribution in [0.3, 0.4) is 0 Å². The summed E-state index contributed by atoms with van der Waals surface area (Å²) in [4.78, 5) is 18.2. The summed E-state index contributed by atoms with van der Waals surface area (Å²) in [5.41, 5.74) is 0.960. The summed E-state index contributed by atoms with van der Waals surface area (Å²) < 4.78 is 40.7. The molecule has 1 aliphatic heterocycles. The molecule has 0 spiro atoms. The van der Waals surface area contributed by atoms with Gasteiger partial charge in [0.15, 0.2) is 5.82 Å². The topological polar surface area (TPSA) is 94.4 Å². The van der Waals surface area contributed by atoms with Crippen LogP contribution in [-0.2, 0) is 16.6 Å². The Morgan fingerprint density at radius 2 is 1.86 bits per heavy atom. The van der Waals surface area contributed by atoms with Crippen molar-refractivity contribution >= 4 is 27.6 Å². The Balaban J connectivity index is 1.86. The highest BCUT2D eigenvalue weighted by atomic mass is 32.2. The van der Waals surface area contributed by atoms with Crippen molar-refractivity contribution < 1.29 is 17.6 Å². The lowest BCUT2D eigenvalue weighted by atomic mass is 10.1. The number of nitrogens with zero attached hydrogens (tertiary/aromatic N) is 4. The van der Waals surface area contributed by atoms with Crippen LogP contribution in [0.4, 0.5) is 20.7 Å². The predicted octanol–water partition coefficient (Wildman–Crippen LogP) is 3.55. The Kier molecular flexibility index (Phi) is 4.48. The second-order valence-electron chi connectivity index (χ2n) is 6.25. The molecule has 0 saturated carbocycles. The Labute approximate surface area is 166 Å². The van der Waals surface area contributed by atoms with E-state index in [0.717, 1.165) is 11.0 Å². The first-order valence-electron chi connectivity index (χ1n) is 8.48. The minimum Gasteiger partial charge on any atom is -0.246 e. The van der Waals surface area contributed by atoms with Gasteiger partial charge >= 0.3 is 6.03 Å². The smallest absolute Gasteiger partial charge is 0.246 e. The average Bonchev–Trinajstić information content (AvgIpc) is 2.72. The number of carbonyl (C=O) groups excluding carboxylic acids is 1. The van der Waals surface area contributed by atoms with E-state index in [9.17, 15) is 17.6 Å². The quantitative estimate of drug-likeness (QED) is 0.661. The van der Waals surface area contributed by atoms with Crippen molar-refractivity contribution in [3.05, 3.63) is 83.8 Å². The molecule has 0 radical (unpaired) electrons. The molecule has 29 heavy (non-hydrogen) atoms. The van der Waals surface area contributed by atoms with Crippen molar-refractivity contribution in [2.24, 2.45) is 0 Å². The van der Waals surface area contributed by atoms with Gasteiger partial charge in [0, 0.05) is 6.20 Å². The maximum atomic E-state index is 13.8. The number of amides is 2. The molecule has 2 aromatic carbocycles. The van der Waals surface area contributed by atoms with Crippen LogP contribution in [-0.4, -0.2) is 23.7 Å². The molecule has 2 amide bonds. The number of halogens is 1. The van der Waals surface area contributed by atoms with Gasteiger partial charge in [0.1, 0.15) is 10.7 Å². The number of benzene rings is 2. The maximum absolute atomic E-state index is 13.8. The molecular formula is C20H13FN4O3S. The number of pyridine rings is 1. The molecule has 0 saturated heterocycles. The van der Waals surface area contributed by atoms with E-state index in [0.29, 0.717) is 15.4 Å². The zero-order valence-electron chi connectivity index (χ0n) is 14.9. The molecule has 0 unspecified atom stereocenters. The fraction of sp³-hybridized carbons (Fsp3) is 0.0500. The second kappa shape index (κ2) is 7.00. The number of sulfonamides is 1. The van der Waals surface area contributed by atoms with E-state index in [-0.39, 0.29) is 22.9 Å². The van der Waals surface area contributed by atoms with Gasteiger partial charge in [-0.05, 0) is 48.0 Å². The van der Waals surface area contributed by atoms with Crippen LogP contribution < -0.4 is 4.90 Å². The van der Waals surface area contributed by atoms with Gasteiger partial charge in [-0.1, -0.05) is 18.2 Å². The lowest BCUT2D eigenvalue weighted by Gasteiger charge is -2.35.